The molecular formula is C16H33BN2. The van der Waals surface area contributed by atoms with Crippen molar-refractivity contribution in [3.8, 4) is 0 Å². The molecule has 110 valence electrons. The minimum absolute atomic E-state index is 0.533. The first kappa shape index (κ1) is 18.3. The summed E-state index contributed by atoms with van der Waals surface area (Å²) in [4.78, 5) is 0. The molecule has 0 spiro atoms. The van der Waals surface area contributed by atoms with Gasteiger partial charge in [-0.3, -0.25) is 0 Å². The summed E-state index contributed by atoms with van der Waals surface area (Å²) in [5.74, 6) is 1.30. The Morgan fingerprint density at radius 1 is 1.00 bits per heavy atom. The molecule has 0 aliphatic rings. The van der Waals surface area contributed by atoms with Crippen LogP contribution in [-0.4, -0.2) is 26.2 Å². The fourth-order valence-corrected chi connectivity index (χ4v) is 1.70. The summed E-state index contributed by atoms with van der Waals surface area (Å²) in [6.07, 6.45) is 6.02. The Kier molecular flexibility index (Phi) is 10.7. The van der Waals surface area contributed by atoms with Crippen molar-refractivity contribution >= 4 is 13.1 Å². The van der Waals surface area contributed by atoms with E-state index in [1.54, 1.807) is 0 Å². The molecule has 0 saturated heterocycles. The molecule has 0 amide bonds. The molecule has 0 bridgehead atoms. The number of allylic oxidation sites excluding steroid dienone is 1. The maximum atomic E-state index is 4.07. The van der Waals surface area contributed by atoms with Gasteiger partial charge in [0.15, 0.2) is 0 Å². The van der Waals surface area contributed by atoms with Crippen molar-refractivity contribution in [2.24, 2.45) is 11.8 Å². The molecule has 2 nitrogen and oxygen atoms in total. The molecular weight excluding hydrogens is 231 g/mol. The van der Waals surface area contributed by atoms with Crippen LogP contribution in [0.3, 0.4) is 0 Å². The van der Waals surface area contributed by atoms with Gasteiger partial charge in [-0.15, -0.1) is 0 Å². The van der Waals surface area contributed by atoms with Gasteiger partial charge in [0.2, 0.25) is 0 Å². The quantitative estimate of drug-likeness (QED) is 0.418. The van der Waals surface area contributed by atoms with Crippen LogP contribution in [0.4, 0.5) is 0 Å². The van der Waals surface area contributed by atoms with Gasteiger partial charge in [0, 0.05) is 0 Å². The average Bonchev–Trinajstić information content (AvgIpc) is 2.34. The van der Waals surface area contributed by atoms with Crippen LogP contribution in [0.1, 0.15) is 59.8 Å². The van der Waals surface area contributed by atoms with E-state index in [2.05, 4.69) is 52.4 Å². The predicted octanol–water partition coefficient (Wildman–Crippen LogP) is 2.97. The first-order chi connectivity index (χ1) is 8.93. The Balaban J connectivity index is 3.31. The molecule has 0 aliphatic heterocycles. The van der Waals surface area contributed by atoms with Crippen molar-refractivity contribution in [1.29, 1.82) is 0 Å². The second-order valence-corrected chi connectivity index (χ2v) is 6.13. The van der Waals surface area contributed by atoms with Gasteiger partial charge in [0.1, 0.15) is 0 Å². The second kappa shape index (κ2) is 11.1. The fraction of sp³-hybridized carbons (Fsp3) is 0.812. The summed E-state index contributed by atoms with van der Waals surface area (Å²) in [5, 5.41) is 6.81. The summed E-state index contributed by atoms with van der Waals surface area (Å²) in [6.45, 7) is 15.0. The monoisotopic (exact) mass is 264 g/mol. The zero-order valence-corrected chi connectivity index (χ0v) is 13.5. The second-order valence-electron chi connectivity index (χ2n) is 6.13. The topological polar surface area (TPSA) is 24.1 Å². The summed E-state index contributed by atoms with van der Waals surface area (Å²) in [5.41, 5.74) is 2.35. The zero-order valence-electron chi connectivity index (χ0n) is 13.5. The maximum absolute atomic E-state index is 4.07. The van der Waals surface area contributed by atoms with Crippen molar-refractivity contribution in [1.82, 2.24) is 10.6 Å². The molecule has 0 radical (unpaired) electrons. The van der Waals surface area contributed by atoms with Crippen LogP contribution in [0.25, 0.3) is 0 Å². The Morgan fingerprint density at radius 3 is 2.11 bits per heavy atom. The van der Waals surface area contributed by atoms with Gasteiger partial charge < -0.3 is 0 Å². The van der Waals surface area contributed by atoms with Crippen molar-refractivity contribution in [3.05, 3.63) is 12.3 Å². The molecule has 0 heterocycles. The van der Waals surface area contributed by atoms with Crippen LogP contribution in [0.2, 0.25) is 0 Å². The zero-order chi connectivity index (χ0) is 14.7. The Bertz CT molecular complexity index is 259. The Morgan fingerprint density at radius 2 is 1.58 bits per heavy atom. The van der Waals surface area contributed by atoms with E-state index in [1.807, 2.05) is 0 Å². The van der Waals surface area contributed by atoms with Crippen LogP contribution >= 0.6 is 0 Å². The van der Waals surface area contributed by atoms with Gasteiger partial charge in [-0.2, -0.15) is 0 Å². The molecule has 0 unspecified atom stereocenters. The van der Waals surface area contributed by atoms with Gasteiger partial charge in [-0.05, 0) is 0 Å². The Labute approximate surface area is 121 Å². The van der Waals surface area contributed by atoms with Crippen molar-refractivity contribution in [2.45, 2.75) is 59.8 Å². The molecule has 0 aromatic rings. The number of hydrogen-bond donors (Lipinski definition) is 2. The molecule has 0 fully saturated rings. The van der Waals surface area contributed by atoms with E-state index in [4.69, 9.17) is 0 Å². The van der Waals surface area contributed by atoms with E-state index in [0.717, 1.165) is 31.1 Å². The van der Waals surface area contributed by atoms with Crippen LogP contribution in [0.5, 0.6) is 0 Å². The standard InChI is InChI=1S/C16H33BN2/c1-13(2)9-10-16(17)19-12-8-6-7-11-18-15(5)14(3)4/h13-14,17-19H,5-12H2,1-4H3. The number of unbranched alkanes of at least 4 members (excludes halogenated alkanes) is 2. The summed E-state index contributed by atoms with van der Waals surface area (Å²) in [7, 11) is 4.07. The van der Waals surface area contributed by atoms with Crippen LogP contribution < -0.4 is 10.6 Å². The average molecular weight is 264 g/mol. The summed E-state index contributed by atoms with van der Waals surface area (Å²) >= 11 is 0. The van der Waals surface area contributed by atoms with Gasteiger partial charge in [0.25, 0.3) is 0 Å². The fourth-order valence-electron chi connectivity index (χ4n) is 1.70. The Hall–Kier alpha value is -0.725. The number of hydrogen-bond acceptors (Lipinski definition) is 2. The van der Waals surface area contributed by atoms with Crippen molar-refractivity contribution < 1.29 is 0 Å². The van der Waals surface area contributed by atoms with E-state index in [9.17, 15) is 0 Å². The van der Waals surface area contributed by atoms with Crippen molar-refractivity contribution in [2.75, 3.05) is 13.1 Å². The van der Waals surface area contributed by atoms with Gasteiger partial charge in [-0.25, -0.2) is 0 Å². The van der Waals surface area contributed by atoms with Crippen molar-refractivity contribution in [3.63, 3.8) is 0 Å². The third kappa shape index (κ3) is 12.1. The molecule has 0 saturated carbocycles. The van der Waals surface area contributed by atoms with Gasteiger partial charge >= 0.3 is 121 Å². The third-order valence-corrected chi connectivity index (χ3v) is 3.30. The molecule has 0 aliphatic carbocycles. The van der Waals surface area contributed by atoms with E-state index in [-0.39, 0.29) is 0 Å². The van der Waals surface area contributed by atoms with E-state index in [1.165, 1.54) is 31.3 Å². The minimum atomic E-state index is 0.533. The first-order valence-electron chi connectivity index (χ1n) is 7.77. The van der Waals surface area contributed by atoms with E-state index in [0.29, 0.717) is 5.92 Å². The predicted molar refractivity (Wildman–Crippen MR) is 90.1 cm³/mol. The van der Waals surface area contributed by atoms with Crippen LogP contribution in [-0.2, 0) is 0 Å². The van der Waals surface area contributed by atoms with Gasteiger partial charge in [0.05, 0.1) is 0 Å². The number of rotatable bonds is 12. The molecule has 2 N–H and O–H groups in total. The normalized spacial score (nSPS) is 10.8. The molecule has 0 aromatic carbocycles. The van der Waals surface area contributed by atoms with E-state index >= 15 is 0 Å². The van der Waals surface area contributed by atoms with E-state index < -0.39 is 0 Å². The van der Waals surface area contributed by atoms with Gasteiger partial charge in [-0.1, -0.05) is 0 Å². The molecule has 0 aromatic heterocycles. The molecule has 19 heavy (non-hydrogen) atoms. The summed E-state index contributed by atoms with van der Waals surface area (Å²) < 4.78 is 0. The molecule has 3 heteroatoms. The molecule has 0 rings (SSSR count). The third-order valence-electron chi connectivity index (χ3n) is 3.30. The SMILES string of the molecule is B=C(CCC(C)C)NCCCCCNC(=C)C(C)C. The van der Waals surface area contributed by atoms with Crippen LogP contribution in [0, 0.1) is 11.8 Å². The van der Waals surface area contributed by atoms with Crippen LogP contribution in [0.15, 0.2) is 12.3 Å². The first-order valence-corrected chi connectivity index (χ1v) is 7.77. The number of nitrogens with one attached hydrogen (secondary N) is 2. The summed E-state index contributed by atoms with van der Waals surface area (Å²) in [6, 6.07) is 0. The molecule has 0 atom stereocenters.